The number of amides is 11. The van der Waals surface area contributed by atoms with Crippen LogP contribution < -0.4 is 64.6 Å². The minimum atomic E-state index is -1.73. The van der Waals surface area contributed by atoms with E-state index in [9.17, 15) is 72.5 Å². The van der Waals surface area contributed by atoms with E-state index in [1.807, 2.05) is 24.3 Å². The molecule has 18 N–H and O–H groups in total. The van der Waals surface area contributed by atoms with Crippen molar-refractivity contribution in [2.24, 2.45) is 17.4 Å². The number of aromatic amines is 1. The van der Waals surface area contributed by atoms with Gasteiger partial charge in [0.1, 0.15) is 54.9 Å². The lowest BCUT2D eigenvalue weighted by Crippen LogP contribution is -2.61. The molecule has 1 aromatic heterocycles. The van der Waals surface area contributed by atoms with Crippen LogP contribution in [0.4, 0.5) is 0 Å². The zero-order valence-corrected chi connectivity index (χ0v) is 47.2. The van der Waals surface area contributed by atoms with Crippen LogP contribution in [0.25, 0.3) is 10.9 Å². The molecule has 0 unspecified atom stereocenters. The summed E-state index contributed by atoms with van der Waals surface area (Å²) in [7, 11) is 0. The Hall–Kier alpha value is -7.90. The van der Waals surface area contributed by atoms with E-state index in [0.29, 0.717) is 19.4 Å². The summed E-state index contributed by atoms with van der Waals surface area (Å²) < 4.78 is 0. The molecule has 4 rings (SSSR count). The van der Waals surface area contributed by atoms with Crippen LogP contribution in [0.2, 0.25) is 0 Å². The van der Waals surface area contributed by atoms with E-state index in [-0.39, 0.29) is 63.3 Å². The molecule has 2 aromatic rings. The first-order chi connectivity index (χ1) is 39.5. The molecule has 2 saturated heterocycles. The Kier molecular flexibility index (Phi) is 27.6. The molecule has 11 amide bonds. The largest absolute Gasteiger partial charge is 0.481 e. The molecule has 1 aromatic carbocycles. The third kappa shape index (κ3) is 21.4. The Morgan fingerprint density at radius 3 is 1.94 bits per heavy atom. The van der Waals surface area contributed by atoms with Gasteiger partial charge >= 0.3 is 11.9 Å². The van der Waals surface area contributed by atoms with E-state index in [2.05, 4.69) is 70.8 Å². The highest BCUT2D eigenvalue weighted by molar-refractivity contribution is 7.80. The monoisotopic (exact) mass is 1190 g/mol. The SMILES string of the molecule is CC(C)[C@H](NC(=O)[C@H](CO)NC(=O)[C@H](CCCCN)NC(=O)[C@@H]1CCCN1C(=O)[C@H](CCC(N)=O)NC(=O)[C@H](CS)NC(=O)CNC(=O)[C@H](Cc1c[nH]c2ccccc12)NC(=O)[C@@H]1CCCN1)C(=O)N[C@@H](CCC(=O)O)C(=O)NCC(=O)O. The molecular formula is C52H78N14O16S. The number of likely N-dealkylation sites (tertiary alicyclic amines) is 1. The predicted molar refractivity (Wildman–Crippen MR) is 299 cm³/mol. The number of H-pyrrole nitrogens is 1. The maximum Gasteiger partial charge on any atom is 0.322 e. The number of carbonyl (C=O) groups excluding carboxylic acids is 11. The van der Waals surface area contributed by atoms with Crippen molar-refractivity contribution in [1.29, 1.82) is 0 Å². The van der Waals surface area contributed by atoms with Gasteiger partial charge in [-0.3, -0.25) is 62.3 Å². The highest BCUT2D eigenvalue weighted by Gasteiger charge is 2.40. The topological polar surface area (TPSA) is 474 Å². The number of carboxylic acid groups (broad SMARTS) is 2. The highest BCUT2D eigenvalue weighted by atomic mass is 32.1. The molecule has 3 heterocycles. The second-order valence-electron chi connectivity index (χ2n) is 20.5. The molecule has 458 valence electrons. The quantitative estimate of drug-likeness (QED) is 0.0227. The average Bonchev–Trinajstić information content (AvgIpc) is 4.41. The van der Waals surface area contributed by atoms with Crippen LogP contribution in [0.15, 0.2) is 30.5 Å². The van der Waals surface area contributed by atoms with E-state index in [1.165, 1.54) is 13.8 Å². The number of unbranched alkanes of at least 4 members (excludes halogenated alkanes) is 1. The summed E-state index contributed by atoms with van der Waals surface area (Å²) in [5.74, 6) is -13.1. The summed E-state index contributed by atoms with van der Waals surface area (Å²) in [5, 5.41) is 54.4. The smallest absolute Gasteiger partial charge is 0.322 e. The molecule has 2 aliphatic heterocycles. The van der Waals surface area contributed by atoms with Crippen LogP contribution >= 0.6 is 12.6 Å². The van der Waals surface area contributed by atoms with Crippen LogP contribution in [0.1, 0.15) is 90.0 Å². The maximum atomic E-state index is 14.3. The van der Waals surface area contributed by atoms with Crippen LogP contribution in [0.3, 0.4) is 0 Å². The van der Waals surface area contributed by atoms with Gasteiger partial charge in [-0.2, -0.15) is 12.6 Å². The van der Waals surface area contributed by atoms with Crippen LogP contribution in [0, 0.1) is 5.92 Å². The highest BCUT2D eigenvalue weighted by Crippen LogP contribution is 2.22. The Labute approximate surface area is 483 Å². The lowest BCUT2D eigenvalue weighted by molar-refractivity contribution is -0.143. The van der Waals surface area contributed by atoms with Crippen molar-refractivity contribution in [2.75, 3.05) is 45.1 Å². The summed E-state index contributed by atoms with van der Waals surface area (Å²) in [6, 6.07) is -4.44. The van der Waals surface area contributed by atoms with Gasteiger partial charge in [0.15, 0.2) is 0 Å². The third-order valence-corrected chi connectivity index (χ3v) is 14.2. The number of para-hydroxylation sites is 1. The molecule has 0 bridgehead atoms. The van der Waals surface area contributed by atoms with Gasteiger partial charge in [-0.25, -0.2) is 0 Å². The number of thiol groups is 1. The molecular weight excluding hydrogens is 1110 g/mol. The van der Waals surface area contributed by atoms with Gasteiger partial charge in [0.2, 0.25) is 65.0 Å². The van der Waals surface area contributed by atoms with Crippen LogP contribution in [-0.2, 0) is 68.7 Å². The van der Waals surface area contributed by atoms with Crippen molar-refractivity contribution in [3.05, 3.63) is 36.0 Å². The van der Waals surface area contributed by atoms with E-state index in [0.717, 1.165) is 27.8 Å². The molecule has 2 fully saturated rings. The second kappa shape index (κ2) is 33.9. The van der Waals surface area contributed by atoms with Crippen molar-refractivity contribution in [3.63, 3.8) is 0 Å². The Morgan fingerprint density at radius 2 is 1.30 bits per heavy atom. The molecule has 0 aliphatic carbocycles. The minimum absolute atomic E-state index is 0.0140. The Bertz CT molecular complexity index is 2650. The van der Waals surface area contributed by atoms with E-state index in [1.54, 1.807) is 6.20 Å². The minimum Gasteiger partial charge on any atom is -0.481 e. The zero-order chi connectivity index (χ0) is 61.3. The number of hydrogen-bond acceptors (Lipinski definition) is 17. The fourth-order valence-electron chi connectivity index (χ4n) is 9.33. The summed E-state index contributed by atoms with van der Waals surface area (Å²) >= 11 is 4.23. The molecule has 0 saturated carbocycles. The number of aliphatic hydroxyl groups is 1. The molecule has 83 heavy (non-hydrogen) atoms. The molecule has 30 nitrogen and oxygen atoms in total. The molecule has 0 spiro atoms. The number of nitrogens with zero attached hydrogens (tertiary/aromatic N) is 1. The normalized spacial score (nSPS) is 17.3. The molecule has 31 heteroatoms. The summed E-state index contributed by atoms with van der Waals surface area (Å²) in [6.07, 6.45) is 2.35. The van der Waals surface area contributed by atoms with Crippen molar-refractivity contribution in [1.82, 2.24) is 63.1 Å². The van der Waals surface area contributed by atoms with Gasteiger partial charge in [-0.05, 0) is 88.4 Å². The van der Waals surface area contributed by atoms with Gasteiger partial charge < -0.3 is 89.8 Å². The number of carbonyl (C=O) groups is 13. The first-order valence-electron chi connectivity index (χ1n) is 27.4. The number of fused-ring (bicyclic) bond motifs is 1. The number of aliphatic carboxylic acids is 2. The van der Waals surface area contributed by atoms with Crippen LogP contribution in [-0.4, -0.2) is 202 Å². The predicted octanol–water partition coefficient (Wildman–Crippen LogP) is -5.00. The number of benzene rings is 1. The van der Waals surface area contributed by atoms with Crippen molar-refractivity contribution in [3.8, 4) is 0 Å². The number of rotatable bonds is 35. The van der Waals surface area contributed by atoms with Gasteiger partial charge in [0.25, 0.3) is 0 Å². The average molecular weight is 1190 g/mol. The summed E-state index contributed by atoms with van der Waals surface area (Å²) in [6.45, 7) is 1.36. The Balaban J connectivity index is 1.42. The number of nitrogens with one attached hydrogen (secondary N) is 11. The van der Waals surface area contributed by atoms with Gasteiger partial charge in [-0.15, -0.1) is 0 Å². The first-order valence-corrected chi connectivity index (χ1v) is 28.0. The van der Waals surface area contributed by atoms with Crippen molar-refractivity contribution in [2.45, 2.75) is 145 Å². The number of carboxylic acids is 2. The fraction of sp³-hybridized carbons (Fsp3) is 0.596. The van der Waals surface area contributed by atoms with Gasteiger partial charge in [-0.1, -0.05) is 32.0 Å². The summed E-state index contributed by atoms with van der Waals surface area (Å²) in [4.78, 5) is 175. The van der Waals surface area contributed by atoms with Crippen molar-refractivity contribution < 1.29 is 77.6 Å². The number of aromatic nitrogens is 1. The lowest BCUT2D eigenvalue weighted by atomic mass is 10.0. The lowest BCUT2D eigenvalue weighted by Gasteiger charge is -2.31. The zero-order valence-electron chi connectivity index (χ0n) is 46.3. The maximum absolute atomic E-state index is 14.3. The number of nitrogens with two attached hydrogens (primary N) is 2. The second-order valence-corrected chi connectivity index (χ2v) is 20.8. The van der Waals surface area contributed by atoms with Gasteiger partial charge in [0.05, 0.1) is 19.2 Å². The molecule has 9 atom stereocenters. The summed E-state index contributed by atoms with van der Waals surface area (Å²) in [5.41, 5.74) is 12.7. The van der Waals surface area contributed by atoms with Crippen molar-refractivity contribution >= 4 is 100 Å². The number of primary amides is 1. The standard InChI is InChI=1S/C52H78N14O16S/c1-27(2)43(51(81)61-33(15-17-41(70)71)44(74)58-24-42(72)73)65-48(78)36(25-67)64-47(77)32(11-5-6-18-53)60-50(80)38-13-8-20-66(38)52(82)34(14-16-39(54)68)62-49(79)37(26-83)59-40(69)23-57-45(75)35(63-46(76)31-12-7-19-55-31)21-28-22-56-30-10-4-3-9-29(28)30/h3-4,9-10,22,27,31-38,43,55-56,67,83H,5-8,11-21,23-26,53H2,1-2H3,(H2,54,68)(H,57,75)(H,58,74)(H,59,69)(H,60,80)(H,61,81)(H,62,79)(H,63,76)(H,64,77)(H,65,78)(H,70,71)(H,72,73)/t31-,32-,33-,34-,35-,36-,37-,38-,43-/m0/s1. The van der Waals surface area contributed by atoms with E-state index >= 15 is 0 Å². The molecule has 0 radical (unpaired) electrons. The fourth-order valence-corrected chi connectivity index (χ4v) is 9.59. The van der Waals surface area contributed by atoms with Crippen LogP contribution in [0.5, 0.6) is 0 Å². The molecule has 2 aliphatic rings. The Morgan fingerprint density at radius 1 is 0.675 bits per heavy atom. The van der Waals surface area contributed by atoms with E-state index < -0.39 is 170 Å². The first kappa shape index (κ1) is 67.6. The van der Waals surface area contributed by atoms with E-state index in [4.69, 9.17) is 16.6 Å². The number of aliphatic hydroxyl groups excluding tert-OH is 1. The van der Waals surface area contributed by atoms with Gasteiger partial charge in [0, 0.05) is 48.7 Å². The third-order valence-electron chi connectivity index (χ3n) is 13.8. The number of hydrogen-bond donors (Lipinski definition) is 17.